The third-order valence-corrected chi connectivity index (χ3v) is 4.08. The molecule has 0 fully saturated rings. The van der Waals surface area contributed by atoms with E-state index in [2.05, 4.69) is 11.9 Å². The van der Waals surface area contributed by atoms with Gasteiger partial charge in [-0.25, -0.2) is 13.4 Å². The largest absolute Gasteiger partial charge is 0.478 e. The number of unbranched alkanes of at least 4 members (excludes halogenated alkanes) is 5. The molecular formula is C13H20ClNO3S. The van der Waals surface area contributed by atoms with Crippen LogP contribution < -0.4 is 4.74 Å². The second-order valence-electron chi connectivity index (χ2n) is 4.39. The van der Waals surface area contributed by atoms with Gasteiger partial charge in [-0.2, -0.15) is 0 Å². The van der Waals surface area contributed by atoms with E-state index in [-0.39, 0.29) is 4.90 Å². The van der Waals surface area contributed by atoms with Crippen LogP contribution in [-0.4, -0.2) is 20.0 Å². The first-order valence-electron chi connectivity index (χ1n) is 6.57. The van der Waals surface area contributed by atoms with Crippen LogP contribution >= 0.6 is 10.7 Å². The number of rotatable bonds is 9. The van der Waals surface area contributed by atoms with E-state index in [1.165, 1.54) is 44.0 Å². The van der Waals surface area contributed by atoms with Gasteiger partial charge in [-0.3, -0.25) is 0 Å². The third-order valence-electron chi connectivity index (χ3n) is 2.74. The maximum Gasteiger partial charge on any atom is 0.262 e. The molecule has 4 nitrogen and oxygen atoms in total. The summed E-state index contributed by atoms with van der Waals surface area (Å²) in [6.45, 7) is 2.80. The van der Waals surface area contributed by atoms with E-state index in [1.807, 2.05) is 0 Å². The van der Waals surface area contributed by atoms with Gasteiger partial charge in [-0.15, -0.1) is 0 Å². The fourth-order valence-corrected chi connectivity index (χ4v) is 2.34. The molecule has 1 aromatic rings. The van der Waals surface area contributed by atoms with Gasteiger partial charge < -0.3 is 4.74 Å². The zero-order valence-corrected chi connectivity index (χ0v) is 12.7. The third kappa shape index (κ3) is 6.78. The van der Waals surface area contributed by atoms with Crippen molar-refractivity contribution in [3.05, 3.63) is 18.3 Å². The van der Waals surface area contributed by atoms with Gasteiger partial charge in [-0.05, 0) is 12.5 Å². The molecule has 0 amide bonds. The maximum absolute atomic E-state index is 11.0. The lowest BCUT2D eigenvalue weighted by atomic mass is 10.1. The molecule has 0 radical (unpaired) electrons. The Morgan fingerprint density at radius 2 is 1.84 bits per heavy atom. The molecule has 1 aromatic heterocycles. The van der Waals surface area contributed by atoms with Crippen molar-refractivity contribution in [3.8, 4) is 5.88 Å². The molecule has 0 aliphatic heterocycles. The number of hydrogen-bond donors (Lipinski definition) is 0. The van der Waals surface area contributed by atoms with Crippen molar-refractivity contribution in [1.29, 1.82) is 0 Å². The highest BCUT2D eigenvalue weighted by Crippen LogP contribution is 2.16. The zero-order valence-electron chi connectivity index (χ0n) is 11.1. The molecule has 0 N–H and O–H groups in total. The number of aromatic nitrogens is 1. The van der Waals surface area contributed by atoms with Crippen LogP contribution in [0.25, 0.3) is 0 Å². The van der Waals surface area contributed by atoms with E-state index in [0.29, 0.717) is 12.5 Å². The van der Waals surface area contributed by atoms with Gasteiger partial charge in [0.1, 0.15) is 4.90 Å². The molecular weight excluding hydrogens is 286 g/mol. The minimum atomic E-state index is -3.70. The molecule has 1 rings (SSSR count). The minimum absolute atomic E-state index is 0.0129. The van der Waals surface area contributed by atoms with Crippen LogP contribution in [0.2, 0.25) is 0 Å². The van der Waals surface area contributed by atoms with Gasteiger partial charge in [0.15, 0.2) is 0 Å². The molecule has 0 aliphatic carbocycles. The Kier molecular flexibility index (Phi) is 7.16. The number of nitrogens with zero attached hydrogens (tertiary/aromatic N) is 1. The number of hydrogen-bond acceptors (Lipinski definition) is 4. The van der Waals surface area contributed by atoms with Gasteiger partial charge in [0.2, 0.25) is 5.88 Å². The topological polar surface area (TPSA) is 56.3 Å². The van der Waals surface area contributed by atoms with Crippen LogP contribution in [-0.2, 0) is 9.05 Å². The average molecular weight is 306 g/mol. The molecule has 6 heteroatoms. The summed E-state index contributed by atoms with van der Waals surface area (Å²) in [6, 6.07) is 2.91. The smallest absolute Gasteiger partial charge is 0.262 e. The first kappa shape index (κ1) is 16.2. The summed E-state index contributed by atoms with van der Waals surface area (Å²) in [6.07, 6.45) is 8.38. The first-order valence-corrected chi connectivity index (χ1v) is 8.88. The lowest BCUT2D eigenvalue weighted by Crippen LogP contribution is -2.00. The van der Waals surface area contributed by atoms with Crippen molar-refractivity contribution in [3.63, 3.8) is 0 Å². The maximum atomic E-state index is 11.0. The van der Waals surface area contributed by atoms with Gasteiger partial charge in [-0.1, -0.05) is 39.0 Å². The Hall–Kier alpha value is -0.810. The molecule has 0 aliphatic rings. The Bertz CT molecular complexity index is 459. The fourth-order valence-electron chi connectivity index (χ4n) is 1.66. The van der Waals surface area contributed by atoms with E-state index in [4.69, 9.17) is 15.4 Å². The minimum Gasteiger partial charge on any atom is -0.478 e. The number of ether oxygens (including phenoxy) is 1. The molecule has 0 saturated carbocycles. The second kappa shape index (κ2) is 8.38. The molecule has 0 aromatic carbocycles. The van der Waals surface area contributed by atoms with Crippen molar-refractivity contribution >= 4 is 19.7 Å². The molecule has 108 valence electrons. The summed E-state index contributed by atoms with van der Waals surface area (Å²) >= 11 is 0. The Balaban J connectivity index is 2.23. The monoisotopic (exact) mass is 305 g/mol. The van der Waals surface area contributed by atoms with Crippen molar-refractivity contribution < 1.29 is 13.2 Å². The van der Waals surface area contributed by atoms with Gasteiger partial charge in [0.25, 0.3) is 9.05 Å². The van der Waals surface area contributed by atoms with E-state index in [1.54, 1.807) is 0 Å². The average Bonchev–Trinajstić information content (AvgIpc) is 2.37. The Morgan fingerprint density at radius 3 is 2.42 bits per heavy atom. The summed E-state index contributed by atoms with van der Waals surface area (Å²) in [5.74, 6) is 0.428. The van der Waals surface area contributed by atoms with Crippen LogP contribution in [0.3, 0.4) is 0 Å². The normalized spacial score (nSPS) is 11.5. The van der Waals surface area contributed by atoms with E-state index in [0.717, 1.165) is 12.8 Å². The molecule has 0 unspecified atom stereocenters. The summed E-state index contributed by atoms with van der Waals surface area (Å²) in [5, 5.41) is 0. The highest BCUT2D eigenvalue weighted by molar-refractivity contribution is 8.13. The molecule has 0 spiro atoms. The standard InChI is InChI=1S/C13H20ClNO3S/c1-2-3-4-5-6-7-10-18-13-9-8-12(11-15-13)19(14,16)17/h8-9,11H,2-7,10H2,1H3. The van der Waals surface area contributed by atoms with Crippen molar-refractivity contribution in [1.82, 2.24) is 4.98 Å². The van der Waals surface area contributed by atoms with Crippen LogP contribution in [0.4, 0.5) is 0 Å². The van der Waals surface area contributed by atoms with E-state index in [9.17, 15) is 8.42 Å². The van der Waals surface area contributed by atoms with Crippen LogP contribution in [0.15, 0.2) is 23.2 Å². The van der Waals surface area contributed by atoms with Gasteiger partial charge >= 0.3 is 0 Å². The van der Waals surface area contributed by atoms with E-state index >= 15 is 0 Å². The molecule has 19 heavy (non-hydrogen) atoms. The summed E-state index contributed by atoms with van der Waals surface area (Å²) < 4.78 is 27.5. The quantitative estimate of drug-likeness (QED) is 0.515. The van der Waals surface area contributed by atoms with Gasteiger partial charge in [0.05, 0.1) is 12.8 Å². The Labute approximate surface area is 119 Å². The van der Waals surface area contributed by atoms with E-state index < -0.39 is 9.05 Å². The highest BCUT2D eigenvalue weighted by atomic mass is 35.7. The Morgan fingerprint density at radius 1 is 1.16 bits per heavy atom. The highest BCUT2D eigenvalue weighted by Gasteiger charge is 2.10. The predicted octanol–water partition coefficient (Wildman–Crippen LogP) is 3.75. The molecule has 0 bridgehead atoms. The summed E-state index contributed by atoms with van der Waals surface area (Å²) in [7, 11) is 1.49. The number of halogens is 1. The molecule has 1 heterocycles. The van der Waals surface area contributed by atoms with Crippen LogP contribution in [0.1, 0.15) is 45.4 Å². The first-order chi connectivity index (χ1) is 9.04. The molecule has 0 atom stereocenters. The predicted molar refractivity (Wildman–Crippen MR) is 76.1 cm³/mol. The lowest BCUT2D eigenvalue weighted by molar-refractivity contribution is 0.293. The summed E-state index contributed by atoms with van der Waals surface area (Å²) in [5.41, 5.74) is 0. The zero-order chi connectivity index (χ0) is 14.1. The second-order valence-corrected chi connectivity index (χ2v) is 6.95. The van der Waals surface area contributed by atoms with Crippen molar-refractivity contribution in [2.45, 2.75) is 50.3 Å². The van der Waals surface area contributed by atoms with Gasteiger partial charge in [0, 0.05) is 16.7 Å². The fraction of sp³-hybridized carbons (Fsp3) is 0.615. The van der Waals surface area contributed by atoms with Crippen molar-refractivity contribution in [2.75, 3.05) is 6.61 Å². The lowest BCUT2D eigenvalue weighted by Gasteiger charge is -2.05. The molecule has 0 saturated heterocycles. The van der Waals surface area contributed by atoms with Crippen LogP contribution in [0.5, 0.6) is 5.88 Å². The SMILES string of the molecule is CCCCCCCCOc1ccc(S(=O)(=O)Cl)cn1. The van der Waals surface area contributed by atoms with Crippen molar-refractivity contribution in [2.24, 2.45) is 0 Å². The summed E-state index contributed by atoms with van der Waals surface area (Å²) in [4.78, 5) is 3.89. The van der Waals surface area contributed by atoms with Crippen LogP contribution in [0, 0.1) is 0 Å². The number of pyridine rings is 1.